The summed E-state index contributed by atoms with van der Waals surface area (Å²) in [7, 11) is -2.79. The van der Waals surface area contributed by atoms with E-state index in [0.29, 0.717) is 21.8 Å². The monoisotopic (exact) mass is 522 g/mol. The smallest absolute Gasteiger partial charge is 0.339 e. The fourth-order valence-corrected chi connectivity index (χ4v) is 5.61. The molecule has 0 aliphatic rings. The number of nitrogens with one attached hydrogen (secondary N) is 1. The first-order valence-corrected chi connectivity index (χ1v) is 12.5. The molecule has 4 rings (SSSR count). The highest BCUT2D eigenvalue weighted by atomic mass is 35.5. The number of carbonyl (C=O) groups excluding carboxylic acids is 1. The Morgan fingerprint density at radius 1 is 1.06 bits per heavy atom. The number of halogens is 2. The number of esters is 1. The molecule has 0 unspecified atom stereocenters. The van der Waals surface area contributed by atoms with Crippen LogP contribution in [-0.2, 0) is 21.3 Å². The van der Waals surface area contributed by atoms with Gasteiger partial charge in [-0.15, -0.1) is 0 Å². The van der Waals surface area contributed by atoms with Gasteiger partial charge in [-0.3, -0.25) is 14.1 Å². The van der Waals surface area contributed by atoms with E-state index in [1.54, 1.807) is 22.8 Å². The topological polar surface area (TPSA) is 94.5 Å². The fourth-order valence-electron chi connectivity index (χ4n) is 3.21. The second-order valence-corrected chi connectivity index (χ2v) is 10.5. The van der Waals surface area contributed by atoms with Crippen molar-refractivity contribution in [2.75, 3.05) is 11.8 Å². The Labute approximate surface area is 203 Å². The number of aromatic nitrogens is 1. The zero-order chi connectivity index (χ0) is 23.8. The second-order valence-electron chi connectivity index (χ2n) is 7.00. The molecule has 0 bridgehead atoms. The first-order valence-electron chi connectivity index (χ1n) is 9.46. The van der Waals surface area contributed by atoms with Crippen LogP contribution in [0.2, 0.25) is 10.0 Å². The highest BCUT2D eigenvalue weighted by molar-refractivity contribution is 7.92. The first-order chi connectivity index (χ1) is 15.7. The van der Waals surface area contributed by atoms with Gasteiger partial charge in [0.2, 0.25) is 0 Å². The third-order valence-electron chi connectivity index (χ3n) is 4.83. The van der Waals surface area contributed by atoms with Crippen molar-refractivity contribution in [2.24, 2.45) is 0 Å². The number of methoxy groups -OCH3 is 1. The number of sulfonamides is 1. The molecule has 0 saturated carbocycles. The van der Waals surface area contributed by atoms with Gasteiger partial charge >= 0.3 is 10.8 Å². The van der Waals surface area contributed by atoms with Crippen LogP contribution < -0.4 is 9.60 Å². The number of fused-ring (bicyclic) bond motifs is 1. The Balaban J connectivity index is 1.65. The maximum atomic E-state index is 12.9. The molecule has 0 aliphatic heterocycles. The SMILES string of the molecule is COC(=O)c1cc(NS(=O)(=O)c2ccc3c(c2)sc(=O)n3Cc2ccc(Cl)cc2)ccc1Cl. The van der Waals surface area contributed by atoms with Crippen LogP contribution >= 0.6 is 34.5 Å². The minimum atomic E-state index is -4.00. The molecule has 11 heteroatoms. The molecule has 33 heavy (non-hydrogen) atoms. The molecule has 0 aliphatic carbocycles. The van der Waals surface area contributed by atoms with Crippen LogP contribution in [0.1, 0.15) is 15.9 Å². The molecule has 7 nitrogen and oxygen atoms in total. The van der Waals surface area contributed by atoms with E-state index in [2.05, 4.69) is 9.46 Å². The molecular weight excluding hydrogens is 507 g/mol. The lowest BCUT2D eigenvalue weighted by Crippen LogP contribution is -2.14. The summed E-state index contributed by atoms with van der Waals surface area (Å²) in [5, 5.41) is 0.737. The maximum absolute atomic E-state index is 12.9. The Kier molecular flexibility index (Phi) is 6.49. The third kappa shape index (κ3) is 4.91. The minimum absolute atomic E-state index is 0.0236. The number of benzene rings is 3. The summed E-state index contributed by atoms with van der Waals surface area (Å²) in [6.45, 7) is 0.335. The number of ether oxygens (including phenoxy) is 1. The van der Waals surface area contributed by atoms with Gasteiger partial charge in [-0.25, -0.2) is 13.2 Å². The Morgan fingerprint density at radius 3 is 2.48 bits per heavy atom. The van der Waals surface area contributed by atoms with Crippen molar-refractivity contribution in [2.45, 2.75) is 11.4 Å². The van der Waals surface area contributed by atoms with Gasteiger partial charge in [-0.05, 0) is 54.1 Å². The summed E-state index contributed by atoms with van der Waals surface area (Å²) in [5.41, 5.74) is 1.70. The van der Waals surface area contributed by atoms with Crippen molar-refractivity contribution < 1.29 is 17.9 Å². The molecule has 1 N–H and O–H groups in total. The zero-order valence-electron chi connectivity index (χ0n) is 17.0. The number of rotatable bonds is 6. The molecule has 0 saturated heterocycles. The van der Waals surface area contributed by atoms with E-state index in [1.807, 2.05) is 12.1 Å². The lowest BCUT2D eigenvalue weighted by molar-refractivity contribution is 0.0601. The van der Waals surface area contributed by atoms with Crippen LogP contribution in [-0.4, -0.2) is 26.1 Å². The largest absolute Gasteiger partial charge is 0.465 e. The standard InChI is InChI=1S/C22H16Cl2N2O5S2/c1-31-21(27)17-10-15(6-8-18(17)24)25-33(29,30)16-7-9-19-20(11-16)32-22(28)26(19)12-13-2-4-14(23)5-3-13/h2-11,25H,12H2,1H3. The van der Waals surface area contributed by atoms with Crippen LogP contribution in [0, 0.1) is 0 Å². The van der Waals surface area contributed by atoms with E-state index in [9.17, 15) is 18.0 Å². The number of nitrogens with zero attached hydrogens (tertiary/aromatic N) is 1. The first kappa shape index (κ1) is 23.3. The summed E-state index contributed by atoms with van der Waals surface area (Å²) in [5.74, 6) is -0.686. The van der Waals surface area contributed by atoms with E-state index in [1.165, 1.54) is 37.4 Å². The van der Waals surface area contributed by atoms with Gasteiger partial charge in [-0.2, -0.15) is 0 Å². The van der Waals surface area contributed by atoms with Gasteiger partial charge < -0.3 is 4.74 Å². The Bertz CT molecular complexity index is 1530. The molecule has 0 amide bonds. The highest BCUT2D eigenvalue weighted by Crippen LogP contribution is 2.26. The van der Waals surface area contributed by atoms with Crippen LogP contribution in [0.3, 0.4) is 0 Å². The van der Waals surface area contributed by atoms with E-state index in [-0.39, 0.29) is 26.0 Å². The second kappa shape index (κ2) is 9.18. The normalized spacial score (nSPS) is 11.5. The molecule has 170 valence electrons. The van der Waals surface area contributed by atoms with Crippen molar-refractivity contribution in [3.8, 4) is 0 Å². The summed E-state index contributed by atoms with van der Waals surface area (Å²) >= 11 is 12.9. The van der Waals surface area contributed by atoms with Gasteiger partial charge in [0, 0.05) is 10.7 Å². The van der Waals surface area contributed by atoms with Crippen LogP contribution in [0.15, 0.2) is 70.4 Å². The number of anilines is 1. The van der Waals surface area contributed by atoms with E-state index < -0.39 is 16.0 Å². The van der Waals surface area contributed by atoms with Crippen molar-refractivity contribution in [3.63, 3.8) is 0 Å². The maximum Gasteiger partial charge on any atom is 0.339 e. The van der Waals surface area contributed by atoms with Crippen molar-refractivity contribution in [1.82, 2.24) is 4.57 Å². The predicted molar refractivity (Wildman–Crippen MR) is 130 cm³/mol. The van der Waals surface area contributed by atoms with E-state index in [4.69, 9.17) is 23.2 Å². The molecule has 0 fully saturated rings. The molecule has 1 aromatic heterocycles. The summed E-state index contributed by atoms with van der Waals surface area (Å²) in [4.78, 5) is 24.2. The van der Waals surface area contributed by atoms with Crippen molar-refractivity contribution in [3.05, 3.63) is 91.5 Å². The number of hydrogen-bond acceptors (Lipinski definition) is 6. The molecule has 3 aromatic carbocycles. The molecule has 0 radical (unpaired) electrons. The van der Waals surface area contributed by atoms with E-state index in [0.717, 1.165) is 16.9 Å². The Hall–Kier alpha value is -2.85. The lowest BCUT2D eigenvalue weighted by atomic mass is 10.2. The van der Waals surface area contributed by atoms with E-state index >= 15 is 0 Å². The van der Waals surface area contributed by atoms with Crippen LogP contribution in [0.5, 0.6) is 0 Å². The van der Waals surface area contributed by atoms with Crippen LogP contribution in [0.4, 0.5) is 5.69 Å². The average Bonchev–Trinajstić information content (AvgIpc) is 3.10. The summed E-state index contributed by atoms with van der Waals surface area (Å²) < 4.78 is 35.1. The van der Waals surface area contributed by atoms with Gasteiger partial charge in [-0.1, -0.05) is 46.7 Å². The third-order valence-corrected chi connectivity index (χ3v) is 7.73. The highest BCUT2D eigenvalue weighted by Gasteiger charge is 2.19. The summed E-state index contributed by atoms with van der Waals surface area (Å²) in [6.07, 6.45) is 0. The predicted octanol–water partition coefficient (Wildman–Crippen LogP) is 5.01. The molecular formula is C22H16Cl2N2O5S2. The fraction of sp³-hybridized carbons (Fsp3) is 0.0909. The van der Waals surface area contributed by atoms with Crippen molar-refractivity contribution in [1.29, 1.82) is 0 Å². The quantitative estimate of drug-likeness (QED) is 0.359. The number of hydrogen-bond donors (Lipinski definition) is 1. The minimum Gasteiger partial charge on any atom is -0.465 e. The van der Waals surface area contributed by atoms with Gasteiger partial charge in [0.25, 0.3) is 10.0 Å². The van der Waals surface area contributed by atoms with Crippen molar-refractivity contribution >= 4 is 66.4 Å². The van der Waals surface area contributed by atoms with Crippen LogP contribution in [0.25, 0.3) is 10.2 Å². The average molecular weight is 523 g/mol. The van der Waals surface area contributed by atoms with Gasteiger partial charge in [0.1, 0.15) is 0 Å². The number of thiazole rings is 1. The van der Waals surface area contributed by atoms with Gasteiger partial charge in [0.15, 0.2) is 0 Å². The zero-order valence-corrected chi connectivity index (χ0v) is 20.2. The Morgan fingerprint density at radius 2 is 1.79 bits per heavy atom. The molecule has 4 aromatic rings. The summed E-state index contributed by atoms with van der Waals surface area (Å²) in [6, 6.07) is 15.7. The molecule has 0 atom stereocenters. The van der Waals surface area contributed by atoms with Gasteiger partial charge in [0.05, 0.1) is 39.4 Å². The molecule has 1 heterocycles. The number of carbonyl (C=O) groups is 1. The molecule has 0 spiro atoms. The lowest BCUT2D eigenvalue weighted by Gasteiger charge is -2.10.